The third kappa shape index (κ3) is 3.91. The first-order valence-electron chi connectivity index (χ1n) is 7.45. The second-order valence-electron chi connectivity index (χ2n) is 5.54. The normalized spacial score (nSPS) is 11.0. The quantitative estimate of drug-likeness (QED) is 0.787. The first-order chi connectivity index (χ1) is 9.70. The van der Waals surface area contributed by atoms with Crippen molar-refractivity contribution in [3.63, 3.8) is 0 Å². The zero-order chi connectivity index (χ0) is 14.4. The molecule has 0 aliphatic rings. The van der Waals surface area contributed by atoms with Gasteiger partial charge in [-0.1, -0.05) is 45.0 Å². The highest BCUT2D eigenvalue weighted by Crippen LogP contribution is 2.22. The Kier molecular flexibility index (Phi) is 5.31. The molecule has 106 valence electrons. The van der Waals surface area contributed by atoms with Gasteiger partial charge < -0.3 is 5.32 Å². The molecule has 0 radical (unpaired) electrons. The van der Waals surface area contributed by atoms with Crippen molar-refractivity contribution >= 4 is 0 Å². The Balaban J connectivity index is 2.13. The molecule has 2 aromatic rings. The topological polar surface area (TPSA) is 24.9 Å². The van der Waals surface area contributed by atoms with Gasteiger partial charge in [0.2, 0.25) is 0 Å². The van der Waals surface area contributed by atoms with Crippen LogP contribution in [0.2, 0.25) is 0 Å². The molecule has 0 aliphatic heterocycles. The van der Waals surface area contributed by atoms with Crippen LogP contribution >= 0.6 is 0 Å². The van der Waals surface area contributed by atoms with Crippen LogP contribution in [0, 0.1) is 0 Å². The number of rotatable bonds is 6. The van der Waals surface area contributed by atoms with Crippen LogP contribution in [0.1, 0.15) is 44.2 Å². The fraction of sp³-hybridized carbons (Fsp3) is 0.389. The summed E-state index contributed by atoms with van der Waals surface area (Å²) in [5.41, 5.74) is 5.04. The maximum atomic E-state index is 4.36. The van der Waals surface area contributed by atoms with E-state index in [4.69, 9.17) is 0 Å². The lowest BCUT2D eigenvalue weighted by molar-refractivity contribution is 0.674. The number of hydrogen-bond acceptors (Lipinski definition) is 2. The Morgan fingerprint density at radius 3 is 2.45 bits per heavy atom. The summed E-state index contributed by atoms with van der Waals surface area (Å²) >= 11 is 0. The molecule has 0 amide bonds. The van der Waals surface area contributed by atoms with Gasteiger partial charge in [-0.15, -0.1) is 0 Å². The van der Waals surface area contributed by atoms with Gasteiger partial charge in [-0.05, 0) is 41.6 Å². The molecule has 2 nitrogen and oxygen atoms in total. The van der Waals surface area contributed by atoms with Crippen LogP contribution in [0.5, 0.6) is 0 Å². The molecule has 0 bridgehead atoms. The molecule has 0 spiro atoms. The number of aromatic nitrogens is 1. The highest BCUT2D eigenvalue weighted by molar-refractivity contribution is 5.63. The summed E-state index contributed by atoms with van der Waals surface area (Å²) < 4.78 is 0. The minimum atomic E-state index is 0.576. The molecule has 2 rings (SSSR count). The molecule has 1 heterocycles. The Morgan fingerprint density at radius 1 is 1.05 bits per heavy atom. The summed E-state index contributed by atoms with van der Waals surface area (Å²) in [6.45, 7) is 8.55. The minimum Gasteiger partial charge on any atom is -0.313 e. The molecule has 0 saturated heterocycles. The standard InChI is InChI=1S/C18H24N2/c1-4-9-19-11-15-10-18(13-20-12-15)17-7-5-16(6-8-17)14(2)3/h5-8,10,12-14,19H,4,9,11H2,1-3H3. The molecule has 1 aromatic carbocycles. The van der Waals surface area contributed by atoms with E-state index in [9.17, 15) is 0 Å². The first-order valence-corrected chi connectivity index (χ1v) is 7.45. The van der Waals surface area contributed by atoms with Gasteiger partial charge >= 0.3 is 0 Å². The van der Waals surface area contributed by atoms with E-state index in [1.807, 2.05) is 12.4 Å². The molecule has 1 N–H and O–H groups in total. The minimum absolute atomic E-state index is 0.576. The fourth-order valence-electron chi connectivity index (χ4n) is 2.21. The third-order valence-corrected chi connectivity index (χ3v) is 3.46. The zero-order valence-corrected chi connectivity index (χ0v) is 12.7. The maximum absolute atomic E-state index is 4.36. The number of nitrogens with zero attached hydrogens (tertiary/aromatic N) is 1. The largest absolute Gasteiger partial charge is 0.313 e. The summed E-state index contributed by atoms with van der Waals surface area (Å²) in [6, 6.07) is 11.0. The van der Waals surface area contributed by atoms with Crippen molar-refractivity contribution in [3.05, 3.63) is 53.9 Å². The first kappa shape index (κ1) is 14.7. The predicted molar refractivity (Wildman–Crippen MR) is 85.8 cm³/mol. The van der Waals surface area contributed by atoms with Crippen LogP contribution in [-0.4, -0.2) is 11.5 Å². The van der Waals surface area contributed by atoms with Gasteiger partial charge in [-0.2, -0.15) is 0 Å². The van der Waals surface area contributed by atoms with Crippen molar-refractivity contribution < 1.29 is 0 Å². The van der Waals surface area contributed by atoms with Crippen molar-refractivity contribution in [1.29, 1.82) is 0 Å². The average Bonchev–Trinajstić information content (AvgIpc) is 2.48. The van der Waals surface area contributed by atoms with Crippen LogP contribution in [0.25, 0.3) is 11.1 Å². The van der Waals surface area contributed by atoms with E-state index in [2.05, 4.69) is 61.4 Å². The van der Waals surface area contributed by atoms with Crippen molar-refractivity contribution in [1.82, 2.24) is 10.3 Å². The number of nitrogens with one attached hydrogen (secondary N) is 1. The molecule has 0 fully saturated rings. The Hall–Kier alpha value is -1.67. The molecule has 0 unspecified atom stereocenters. The molecule has 20 heavy (non-hydrogen) atoms. The molecular weight excluding hydrogens is 244 g/mol. The smallest absolute Gasteiger partial charge is 0.0346 e. The van der Waals surface area contributed by atoms with E-state index in [1.54, 1.807) is 0 Å². The maximum Gasteiger partial charge on any atom is 0.0346 e. The monoisotopic (exact) mass is 268 g/mol. The molecule has 0 saturated carbocycles. The summed E-state index contributed by atoms with van der Waals surface area (Å²) in [6.07, 6.45) is 5.03. The van der Waals surface area contributed by atoms with Gasteiger partial charge in [-0.3, -0.25) is 4.98 Å². The second kappa shape index (κ2) is 7.20. The van der Waals surface area contributed by atoms with Crippen molar-refractivity contribution in [2.24, 2.45) is 0 Å². The predicted octanol–water partition coefficient (Wildman–Crippen LogP) is 4.37. The lowest BCUT2D eigenvalue weighted by atomic mass is 9.99. The molecule has 1 aromatic heterocycles. The molecule has 0 atom stereocenters. The second-order valence-corrected chi connectivity index (χ2v) is 5.54. The SMILES string of the molecule is CCCNCc1cncc(-c2ccc(C(C)C)cc2)c1. The Bertz CT molecular complexity index is 529. The van der Waals surface area contributed by atoms with E-state index >= 15 is 0 Å². The highest BCUT2D eigenvalue weighted by Gasteiger charge is 2.02. The molecular formula is C18H24N2. The lowest BCUT2D eigenvalue weighted by Crippen LogP contribution is -2.13. The van der Waals surface area contributed by atoms with Crippen molar-refractivity contribution in [3.8, 4) is 11.1 Å². The number of hydrogen-bond donors (Lipinski definition) is 1. The van der Waals surface area contributed by atoms with Gasteiger partial charge in [-0.25, -0.2) is 0 Å². The van der Waals surface area contributed by atoms with Gasteiger partial charge in [0.1, 0.15) is 0 Å². The van der Waals surface area contributed by atoms with Gasteiger partial charge in [0.15, 0.2) is 0 Å². The van der Waals surface area contributed by atoms with E-state index in [1.165, 1.54) is 22.3 Å². The van der Waals surface area contributed by atoms with Gasteiger partial charge in [0.05, 0.1) is 0 Å². The van der Waals surface area contributed by atoms with Crippen molar-refractivity contribution in [2.45, 2.75) is 39.7 Å². The highest BCUT2D eigenvalue weighted by atomic mass is 14.8. The zero-order valence-electron chi connectivity index (χ0n) is 12.7. The van der Waals surface area contributed by atoms with Crippen LogP contribution in [-0.2, 0) is 6.54 Å². The summed E-state index contributed by atoms with van der Waals surface area (Å²) in [5, 5.41) is 3.41. The Morgan fingerprint density at radius 2 is 1.80 bits per heavy atom. The molecule has 2 heteroatoms. The van der Waals surface area contributed by atoms with E-state index < -0.39 is 0 Å². The van der Waals surface area contributed by atoms with E-state index in [-0.39, 0.29) is 0 Å². The number of pyridine rings is 1. The summed E-state index contributed by atoms with van der Waals surface area (Å²) in [7, 11) is 0. The summed E-state index contributed by atoms with van der Waals surface area (Å²) in [5.74, 6) is 0.576. The Labute approximate surface area is 122 Å². The summed E-state index contributed by atoms with van der Waals surface area (Å²) in [4.78, 5) is 4.36. The van der Waals surface area contributed by atoms with Gasteiger partial charge in [0.25, 0.3) is 0 Å². The van der Waals surface area contributed by atoms with Crippen molar-refractivity contribution in [2.75, 3.05) is 6.54 Å². The average molecular weight is 268 g/mol. The van der Waals surface area contributed by atoms with E-state index in [0.717, 1.165) is 19.5 Å². The third-order valence-electron chi connectivity index (χ3n) is 3.46. The lowest BCUT2D eigenvalue weighted by Gasteiger charge is -2.08. The molecule has 0 aliphatic carbocycles. The fourth-order valence-corrected chi connectivity index (χ4v) is 2.21. The van der Waals surface area contributed by atoms with Crippen LogP contribution in [0.3, 0.4) is 0 Å². The van der Waals surface area contributed by atoms with E-state index in [0.29, 0.717) is 5.92 Å². The van der Waals surface area contributed by atoms with Crippen LogP contribution in [0.4, 0.5) is 0 Å². The van der Waals surface area contributed by atoms with Crippen LogP contribution in [0.15, 0.2) is 42.7 Å². The van der Waals surface area contributed by atoms with Crippen LogP contribution < -0.4 is 5.32 Å². The number of benzene rings is 1. The van der Waals surface area contributed by atoms with Gasteiger partial charge in [0, 0.05) is 24.5 Å².